The second-order valence-corrected chi connectivity index (χ2v) is 4.03. The first-order valence-electron chi connectivity index (χ1n) is 5.91. The number of hydrogen-bond donors (Lipinski definition) is 2. The summed E-state index contributed by atoms with van der Waals surface area (Å²) >= 11 is 0. The minimum atomic E-state index is -1.08. The number of nitrogens with one attached hydrogen (secondary N) is 1. The lowest BCUT2D eigenvalue weighted by Crippen LogP contribution is -2.42. The zero-order chi connectivity index (χ0) is 15.0. The summed E-state index contributed by atoms with van der Waals surface area (Å²) in [4.78, 5) is 23.6. The van der Waals surface area contributed by atoms with Crippen LogP contribution in [-0.2, 0) is 11.3 Å². The summed E-state index contributed by atoms with van der Waals surface area (Å²) in [5.41, 5.74) is 1.37. The molecule has 0 atom stereocenters. The SMILES string of the molecule is C=CCN(CC(=O)O)C(=O)NCc1ccc(C#N)cc1. The van der Waals surface area contributed by atoms with Crippen molar-refractivity contribution in [2.45, 2.75) is 6.54 Å². The van der Waals surface area contributed by atoms with Gasteiger partial charge < -0.3 is 15.3 Å². The lowest BCUT2D eigenvalue weighted by molar-refractivity contribution is -0.137. The van der Waals surface area contributed by atoms with Gasteiger partial charge in [0.05, 0.1) is 11.6 Å². The molecule has 0 bridgehead atoms. The highest BCUT2D eigenvalue weighted by atomic mass is 16.4. The number of carboxylic acid groups (broad SMARTS) is 1. The fraction of sp³-hybridized carbons (Fsp3) is 0.214. The number of carbonyl (C=O) groups is 2. The minimum absolute atomic E-state index is 0.158. The van der Waals surface area contributed by atoms with E-state index in [1.165, 1.54) is 6.08 Å². The van der Waals surface area contributed by atoms with Crippen LogP contribution in [0.25, 0.3) is 0 Å². The third kappa shape index (κ3) is 4.82. The Morgan fingerprint density at radius 2 is 2.05 bits per heavy atom. The molecule has 0 radical (unpaired) electrons. The van der Waals surface area contributed by atoms with Gasteiger partial charge in [-0.05, 0) is 17.7 Å². The summed E-state index contributed by atoms with van der Waals surface area (Å²) < 4.78 is 0. The Bertz CT molecular complexity index is 532. The van der Waals surface area contributed by atoms with Gasteiger partial charge in [0.15, 0.2) is 0 Å². The van der Waals surface area contributed by atoms with Crippen LogP contribution in [0, 0.1) is 11.3 Å². The summed E-state index contributed by atoms with van der Waals surface area (Å²) in [6.07, 6.45) is 1.46. The van der Waals surface area contributed by atoms with Crippen LogP contribution >= 0.6 is 0 Å². The van der Waals surface area contributed by atoms with Gasteiger partial charge in [-0.3, -0.25) is 4.79 Å². The van der Waals surface area contributed by atoms with E-state index in [9.17, 15) is 9.59 Å². The summed E-state index contributed by atoms with van der Waals surface area (Å²) in [6, 6.07) is 8.29. The topological polar surface area (TPSA) is 93.4 Å². The van der Waals surface area contributed by atoms with Crippen LogP contribution < -0.4 is 5.32 Å². The number of nitrogens with zero attached hydrogens (tertiary/aromatic N) is 2. The Hall–Kier alpha value is -2.81. The number of nitriles is 1. The standard InChI is InChI=1S/C14H15N3O3/c1-2-7-17(10-13(18)19)14(20)16-9-12-5-3-11(8-15)4-6-12/h2-6H,1,7,9-10H2,(H,16,20)(H,18,19). The summed E-state index contributed by atoms with van der Waals surface area (Å²) in [7, 11) is 0. The lowest BCUT2D eigenvalue weighted by Gasteiger charge is -2.19. The van der Waals surface area contributed by atoms with Crippen LogP contribution in [-0.4, -0.2) is 35.1 Å². The Morgan fingerprint density at radius 1 is 1.40 bits per heavy atom. The number of carboxylic acids is 1. The van der Waals surface area contributed by atoms with E-state index in [1.54, 1.807) is 24.3 Å². The molecule has 0 fully saturated rings. The lowest BCUT2D eigenvalue weighted by atomic mass is 10.1. The molecule has 6 nitrogen and oxygen atoms in total. The largest absolute Gasteiger partial charge is 0.480 e. The van der Waals surface area contributed by atoms with Crippen molar-refractivity contribution in [3.05, 3.63) is 48.0 Å². The molecule has 0 aromatic heterocycles. The van der Waals surface area contributed by atoms with Crippen LogP contribution in [0.4, 0.5) is 4.79 Å². The van der Waals surface area contributed by atoms with E-state index in [0.717, 1.165) is 10.5 Å². The van der Waals surface area contributed by atoms with E-state index < -0.39 is 12.0 Å². The molecule has 6 heteroatoms. The number of urea groups is 1. The fourth-order valence-corrected chi connectivity index (χ4v) is 1.52. The van der Waals surface area contributed by atoms with Crippen molar-refractivity contribution in [3.63, 3.8) is 0 Å². The molecule has 0 aliphatic rings. The number of aliphatic carboxylic acids is 1. The predicted octanol–water partition coefficient (Wildman–Crippen LogP) is 1.34. The number of hydrogen-bond acceptors (Lipinski definition) is 3. The first-order valence-corrected chi connectivity index (χ1v) is 5.91. The molecule has 1 aromatic rings. The van der Waals surface area contributed by atoms with Crippen LogP contribution in [0.5, 0.6) is 0 Å². The van der Waals surface area contributed by atoms with Gasteiger partial charge >= 0.3 is 12.0 Å². The van der Waals surface area contributed by atoms with E-state index in [1.807, 2.05) is 6.07 Å². The van der Waals surface area contributed by atoms with Gasteiger partial charge in [0.25, 0.3) is 0 Å². The maximum Gasteiger partial charge on any atom is 0.323 e. The Kier molecular flexibility index (Phi) is 5.78. The fourth-order valence-electron chi connectivity index (χ4n) is 1.52. The van der Waals surface area contributed by atoms with Gasteiger partial charge in [-0.15, -0.1) is 6.58 Å². The second-order valence-electron chi connectivity index (χ2n) is 4.03. The average molecular weight is 273 g/mol. The van der Waals surface area contributed by atoms with Crippen molar-refractivity contribution in [2.24, 2.45) is 0 Å². The third-order valence-electron chi connectivity index (χ3n) is 2.49. The highest BCUT2D eigenvalue weighted by Crippen LogP contribution is 2.03. The highest BCUT2D eigenvalue weighted by Gasteiger charge is 2.14. The van der Waals surface area contributed by atoms with E-state index in [0.29, 0.717) is 5.56 Å². The quantitative estimate of drug-likeness (QED) is 0.765. The molecular weight excluding hydrogens is 258 g/mol. The molecule has 0 saturated heterocycles. The van der Waals surface area contributed by atoms with Crippen molar-refractivity contribution < 1.29 is 14.7 Å². The second kappa shape index (κ2) is 7.59. The Morgan fingerprint density at radius 3 is 2.55 bits per heavy atom. The molecule has 0 aliphatic carbocycles. The van der Waals surface area contributed by atoms with Crippen LogP contribution in [0.2, 0.25) is 0 Å². The van der Waals surface area contributed by atoms with Crippen molar-refractivity contribution in [1.82, 2.24) is 10.2 Å². The first-order chi connectivity index (χ1) is 9.56. The molecule has 1 rings (SSSR count). The zero-order valence-corrected chi connectivity index (χ0v) is 10.9. The van der Waals surface area contributed by atoms with Gasteiger partial charge in [-0.2, -0.15) is 5.26 Å². The van der Waals surface area contributed by atoms with Crippen molar-refractivity contribution in [1.29, 1.82) is 5.26 Å². The number of carbonyl (C=O) groups excluding carboxylic acids is 1. The monoisotopic (exact) mass is 273 g/mol. The molecule has 20 heavy (non-hydrogen) atoms. The molecule has 104 valence electrons. The van der Waals surface area contributed by atoms with Crippen molar-refractivity contribution in [3.8, 4) is 6.07 Å². The van der Waals surface area contributed by atoms with Gasteiger partial charge in [0, 0.05) is 13.1 Å². The van der Waals surface area contributed by atoms with Crippen molar-refractivity contribution >= 4 is 12.0 Å². The third-order valence-corrected chi connectivity index (χ3v) is 2.49. The smallest absolute Gasteiger partial charge is 0.323 e. The molecule has 0 saturated carbocycles. The molecule has 2 N–H and O–H groups in total. The molecule has 0 unspecified atom stereocenters. The number of benzene rings is 1. The maximum atomic E-state index is 11.8. The molecule has 0 aliphatic heterocycles. The number of rotatable bonds is 6. The normalized spacial score (nSPS) is 9.35. The summed E-state index contributed by atoms with van der Waals surface area (Å²) in [5.74, 6) is -1.08. The van der Waals surface area contributed by atoms with Gasteiger partial charge in [-0.25, -0.2) is 4.79 Å². The zero-order valence-electron chi connectivity index (χ0n) is 10.9. The van der Waals surface area contributed by atoms with Crippen LogP contribution in [0.3, 0.4) is 0 Å². The molecule has 0 spiro atoms. The first kappa shape index (κ1) is 15.2. The van der Waals surface area contributed by atoms with E-state index in [4.69, 9.17) is 10.4 Å². The summed E-state index contributed by atoms with van der Waals surface area (Å²) in [5, 5.41) is 20.0. The molecular formula is C14H15N3O3. The highest BCUT2D eigenvalue weighted by molar-refractivity contribution is 5.80. The van der Waals surface area contributed by atoms with Gasteiger partial charge in [0.1, 0.15) is 6.54 Å². The van der Waals surface area contributed by atoms with Crippen molar-refractivity contribution in [2.75, 3.05) is 13.1 Å². The maximum absolute atomic E-state index is 11.8. The van der Waals surface area contributed by atoms with E-state index in [-0.39, 0.29) is 19.6 Å². The molecule has 0 heterocycles. The Balaban J connectivity index is 2.57. The average Bonchev–Trinajstić information content (AvgIpc) is 2.44. The van der Waals surface area contributed by atoms with Gasteiger partial charge in [0.2, 0.25) is 0 Å². The van der Waals surface area contributed by atoms with Crippen LogP contribution in [0.15, 0.2) is 36.9 Å². The molecule has 1 aromatic carbocycles. The minimum Gasteiger partial charge on any atom is -0.480 e. The Labute approximate surface area is 116 Å². The molecule has 2 amide bonds. The summed E-state index contributed by atoms with van der Waals surface area (Å²) in [6.45, 7) is 3.52. The predicted molar refractivity (Wildman–Crippen MR) is 72.8 cm³/mol. The van der Waals surface area contributed by atoms with Gasteiger partial charge in [-0.1, -0.05) is 18.2 Å². The van der Waals surface area contributed by atoms with E-state index in [2.05, 4.69) is 11.9 Å². The van der Waals surface area contributed by atoms with E-state index >= 15 is 0 Å². The van der Waals surface area contributed by atoms with Crippen LogP contribution in [0.1, 0.15) is 11.1 Å². The number of amides is 2.